The van der Waals surface area contributed by atoms with Crippen molar-refractivity contribution in [1.29, 1.82) is 0 Å². The van der Waals surface area contributed by atoms with Gasteiger partial charge in [-0.05, 0) is 37.1 Å². The first kappa shape index (κ1) is 18.0. The first-order valence-corrected chi connectivity index (χ1v) is 9.72. The van der Waals surface area contributed by atoms with Crippen LogP contribution >= 0.6 is 23.2 Å². The van der Waals surface area contributed by atoms with E-state index in [2.05, 4.69) is 25.6 Å². The molecule has 1 aromatic carbocycles. The van der Waals surface area contributed by atoms with Crippen LogP contribution in [0.3, 0.4) is 0 Å². The second kappa shape index (κ2) is 8.11. The summed E-state index contributed by atoms with van der Waals surface area (Å²) in [6.07, 6.45) is 8.28. The van der Waals surface area contributed by atoms with Crippen LogP contribution in [0.25, 0.3) is 11.3 Å². The van der Waals surface area contributed by atoms with Crippen LogP contribution in [0.1, 0.15) is 25.7 Å². The standard InChI is InChI=1S/C20H19Cl2N5/c21-15-8-3-9-16(22)19(15)26-18-11-17(13-5-4-10-23-12-13)25-20(27-18)24-14-6-1-2-7-14/h3-5,8-12,14H,1-2,6-7H2,(H2,24,25,26,27). The molecule has 1 saturated carbocycles. The highest BCUT2D eigenvalue weighted by Crippen LogP contribution is 2.33. The largest absolute Gasteiger partial charge is 0.351 e. The lowest BCUT2D eigenvalue weighted by Crippen LogP contribution is -2.17. The SMILES string of the molecule is Clc1cccc(Cl)c1Nc1cc(-c2cccnc2)nc(NC2CCCC2)n1. The maximum absolute atomic E-state index is 6.30. The van der Waals surface area contributed by atoms with Crippen LogP contribution in [0.15, 0.2) is 48.8 Å². The molecule has 2 aromatic heterocycles. The van der Waals surface area contributed by atoms with Crippen molar-refractivity contribution in [3.05, 3.63) is 58.8 Å². The number of hydrogen-bond acceptors (Lipinski definition) is 5. The summed E-state index contributed by atoms with van der Waals surface area (Å²) in [4.78, 5) is 13.5. The predicted molar refractivity (Wildman–Crippen MR) is 111 cm³/mol. The summed E-state index contributed by atoms with van der Waals surface area (Å²) in [6, 6.07) is 11.5. The molecule has 2 N–H and O–H groups in total. The minimum Gasteiger partial charge on any atom is -0.351 e. The molecular formula is C20H19Cl2N5. The van der Waals surface area contributed by atoms with E-state index in [0.717, 1.165) is 24.1 Å². The molecule has 0 spiro atoms. The van der Waals surface area contributed by atoms with Gasteiger partial charge in [0.25, 0.3) is 0 Å². The number of para-hydroxylation sites is 1. The van der Waals surface area contributed by atoms with Crippen LogP contribution < -0.4 is 10.6 Å². The van der Waals surface area contributed by atoms with E-state index in [4.69, 9.17) is 23.2 Å². The molecule has 0 bridgehead atoms. The Morgan fingerprint density at radius 1 is 0.963 bits per heavy atom. The number of hydrogen-bond donors (Lipinski definition) is 2. The summed E-state index contributed by atoms with van der Waals surface area (Å²) in [5.74, 6) is 1.22. The molecule has 138 valence electrons. The third-order valence-electron chi connectivity index (χ3n) is 4.59. The Kier molecular flexibility index (Phi) is 5.41. The highest BCUT2D eigenvalue weighted by Gasteiger charge is 2.17. The lowest BCUT2D eigenvalue weighted by molar-refractivity contribution is 0.744. The molecule has 1 fully saturated rings. The van der Waals surface area contributed by atoms with Crippen molar-refractivity contribution >= 4 is 40.7 Å². The molecule has 5 nitrogen and oxygen atoms in total. The Labute approximate surface area is 168 Å². The summed E-state index contributed by atoms with van der Waals surface area (Å²) in [5.41, 5.74) is 2.33. The van der Waals surface area contributed by atoms with Crippen LogP contribution in [0, 0.1) is 0 Å². The van der Waals surface area contributed by atoms with E-state index in [0.29, 0.717) is 33.5 Å². The maximum Gasteiger partial charge on any atom is 0.225 e. The topological polar surface area (TPSA) is 62.7 Å². The van der Waals surface area contributed by atoms with E-state index in [1.807, 2.05) is 24.3 Å². The van der Waals surface area contributed by atoms with E-state index >= 15 is 0 Å². The Balaban J connectivity index is 1.71. The summed E-state index contributed by atoms with van der Waals surface area (Å²) in [5, 5.41) is 7.77. The van der Waals surface area contributed by atoms with Crippen molar-refractivity contribution in [2.24, 2.45) is 0 Å². The van der Waals surface area contributed by atoms with Gasteiger partial charge in [0.2, 0.25) is 5.95 Å². The summed E-state index contributed by atoms with van der Waals surface area (Å²) in [6.45, 7) is 0. The van der Waals surface area contributed by atoms with Gasteiger partial charge in [0, 0.05) is 30.1 Å². The first-order valence-electron chi connectivity index (χ1n) is 8.96. The fraction of sp³-hybridized carbons (Fsp3) is 0.250. The molecular weight excluding hydrogens is 381 g/mol. The average Bonchev–Trinajstić information content (AvgIpc) is 3.18. The van der Waals surface area contributed by atoms with Crippen LogP contribution in [0.5, 0.6) is 0 Å². The van der Waals surface area contributed by atoms with Crippen LogP contribution in [0.4, 0.5) is 17.5 Å². The van der Waals surface area contributed by atoms with Gasteiger partial charge in [0.15, 0.2) is 0 Å². The van der Waals surface area contributed by atoms with Crippen molar-refractivity contribution in [2.45, 2.75) is 31.7 Å². The van der Waals surface area contributed by atoms with Crippen molar-refractivity contribution in [2.75, 3.05) is 10.6 Å². The lowest BCUT2D eigenvalue weighted by atomic mass is 10.2. The summed E-state index contributed by atoms with van der Waals surface area (Å²) < 4.78 is 0. The fourth-order valence-electron chi connectivity index (χ4n) is 3.24. The van der Waals surface area contributed by atoms with Gasteiger partial charge in [-0.25, -0.2) is 4.98 Å². The van der Waals surface area contributed by atoms with Crippen LogP contribution in [0.2, 0.25) is 10.0 Å². The Hall–Kier alpha value is -2.37. The Bertz CT molecular complexity index is 907. The molecule has 3 aromatic rings. The minimum atomic E-state index is 0.408. The molecule has 1 aliphatic rings. The number of pyridine rings is 1. The van der Waals surface area contributed by atoms with Crippen molar-refractivity contribution < 1.29 is 0 Å². The number of nitrogens with one attached hydrogen (secondary N) is 2. The van der Waals surface area contributed by atoms with Gasteiger partial charge in [0.05, 0.1) is 21.4 Å². The maximum atomic E-state index is 6.30. The van der Waals surface area contributed by atoms with Gasteiger partial charge in [-0.3, -0.25) is 4.98 Å². The first-order chi connectivity index (χ1) is 13.2. The zero-order valence-corrected chi connectivity index (χ0v) is 16.1. The molecule has 0 radical (unpaired) electrons. The fourth-order valence-corrected chi connectivity index (χ4v) is 3.73. The lowest BCUT2D eigenvalue weighted by Gasteiger charge is -2.15. The minimum absolute atomic E-state index is 0.408. The molecule has 7 heteroatoms. The molecule has 0 amide bonds. The Morgan fingerprint density at radius 2 is 1.74 bits per heavy atom. The second-order valence-corrected chi connectivity index (χ2v) is 7.37. The van der Waals surface area contributed by atoms with E-state index < -0.39 is 0 Å². The van der Waals surface area contributed by atoms with Crippen molar-refractivity contribution in [1.82, 2.24) is 15.0 Å². The molecule has 2 heterocycles. The highest BCUT2D eigenvalue weighted by molar-refractivity contribution is 6.39. The molecule has 0 atom stereocenters. The monoisotopic (exact) mass is 399 g/mol. The van der Waals surface area contributed by atoms with Gasteiger partial charge in [-0.15, -0.1) is 0 Å². The average molecular weight is 400 g/mol. The van der Waals surface area contributed by atoms with Crippen LogP contribution in [-0.2, 0) is 0 Å². The molecule has 0 unspecified atom stereocenters. The van der Waals surface area contributed by atoms with E-state index in [-0.39, 0.29) is 0 Å². The number of aromatic nitrogens is 3. The van der Waals surface area contributed by atoms with Gasteiger partial charge >= 0.3 is 0 Å². The van der Waals surface area contributed by atoms with Gasteiger partial charge in [-0.2, -0.15) is 4.98 Å². The quantitative estimate of drug-likeness (QED) is 0.555. The number of rotatable bonds is 5. The smallest absolute Gasteiger partial charge is 0.225 e. The highest BCUT2D eigenvalue weighted by atomic mass is 35.5. The van der Waals surface area contributed by atoms with E-state index in [9.17, 15) is 0 Å². The zero-order chi connectivity index (χ0) is 18.6. The van der Waals surface area contributed by atoms with Gasteiger partial charge in [-0.1, -0.05) is 42.1 Å². The third-order valence-corrected chi connectivity index (χ3v) is 5.22. The zero-order valence-electron chi connectivity index (χ0n) is 14.6. The number of anilines is 3. The Morgan fingerprint density at radius 3 is 2.44 bits per heavy atom. The second-order valence-electron chi connectivity index (χ2n) is 6.55. The molecule has 27 heavy (non-hydrogen) atoms. The number of benzene rings is 1. The molecule has 0 aliphatic heterocycles. The third kappa shape index (κ3) is 4.31. The van der Waals surface area contributed by atoms with Crippen molar-refractivity contribution in [3.63, 3.8) is 0 Å². The van der Waals surface area contributed by atoms with Crippen LogP contribution in [-0.4, -0.2) is 21.0 Å². The summed E-state index contributed by atoms with van der Waals surface area (Å²) >= 11 is 12.6. The predicted octanol–water partition coefficient (Wildman–Crippen LogP) is 5.94. The normalized spacial score (nSPS) is 14.3. The summed E-state index contributed by atoms with van der Waals surface area (Å²) in [7, 11) is 0. The molecule has 0 saturated heterocycles. The van der Waals surface area contributed by atoms with Crippen molar-refractivity contribution in [3.8, 4) is 11.3 Å². The van der Waals surface area contributed by atoms with Gasteiger partial charge in [0.1, 0.15) is 5.82 Å². The van der Waals surface area contributed by atoms with E-state index in [1.54, 1.807) is 24.5 Å². The molecule has 1 aliphatic carbocycles. The number of nitrogens with zero attached hydrogens (tertiary/aromatic N) is 3. The molecule has 4 rings (SSSR count). The number of halogens is 2. The van der Waals surface area contributed by atoms with Gasteiger partial charge < -0.3 is 10.6 Å². The van der Waals surface area contributed by atoms with E-state index in [1.165, 1.54) is 12.8 Å².